The lowest BCUT2D eigenvalue weighted by molar-refractivity contribution is 0.257. The van der Waals surface area contributed by atoms with Crippen LogP contribution in [0.1, 0.15) is 46.0 Å². The number of nitrogens with zero attached hydrogens (tertiary/aromatic N) is 1. The van der Waals surface area contributed by atoms with Crippen molar-refractivity contribution in [3.05, 3.63) is 0 Å². The molecule has 4 N–H and O–H groups in total. The normalized spacial score (nSPS) is 19.5. The fourth-order valence-electron chi connectivity index (χ4n) is 1.76. The van der Waals surface area contributed by atoms with Crippen LogP contribution in [0.3, 0.4) is 0 Å². The van der Waals surface area contributed by atoms with Crippen LogP contribution in [0, 0.1) is 5.92 Å². The summed E-state index contributed by atoms with van der Waals surface area (Å²) in [5.74, 6) is 6.96. The molecule has 0 amide bonds. The second kappa shape index (κ2) is 6.67. The van der Waals surface area contributed by atoms with Crippen LogP contribution in [-0.2, 0) is 0 Å². The van der Waals surface area contributed by atoms with Gasteiger partial charge in [-0.2, -0.15) is 0 Å². The topological polar surface area (TPSA) is 62.4 Å². The molecule has 4 nitrogen and oxygen atoms in total. The van der Waals surface area contributed by atoms with E-state index in [1.165, 1.54) is 25.7 Å². The Labute approximate surface area is 92.7 Å². The molecule has 88 valence electrons. The van der Waals surface area contributed by atoms with E-state index in [9.17, 15) is 0 Å². The average Bonchev–Trinajstić information content (AvgIpc) is 2.13. The molecule has 15 heavy (non-hydrogen) atoms. The van der Waals surface area contributed by atoms with Gasteiger partial charge in [-0.25, -0.2) is 5.84 Å². The van der Waals surface area contributed by atoms with Gasteiger partial charge in [-0.15, -0.1) is 0 Å². The molecule has 0 aliphatic heterocycles. The summed E-state index contributed by atoms with van der Waals surface area (Å²) in [6.07, 6.45) is 6.32. The number of nitrogens with one attached hydrogen (secondary N) is 2. The molecule has 1 rings (SSSR count). The summed E-state index contributed by atoms with van der Waals surface area (Å²) in [6.45, 7) is 5.21. The number of guanidine groups is 1. The molecule has 0 aromatic heterocycles. The summed E-state index contributed by atoms with van der Waals surface area (Å²) in [4.78, 5) is 4.38. The Bertz CT molecular complexity index is 199. The molecule has 1 fully saturated rings. The van der Waals surface area contributed by atoms with Crippen molar-refractivity contribution >= 4 is 5.96 Å². The van der Waals surface area contributed by atoms with Crippen LogP contribution in [0.15, 0.2) is 4.99 Å². The van der Waals surface area contributed by atoms with E-state index >= 15 is 0 Å². The Balaban J connectivity index is 2.27. The van der Waals surface area contributed by atoms with Gasteiger partial charge in [0, 0.05) is 12.6 Å². The number of hydrogen-bond acceptors (Lipinski definition) is 2. The van der Waals surface area contributed by atoms with Gasteiger partial charge in [-0.05, 0) is 32.1 Å². The van der Waals surface area contributed by atoms with Crippen LogP contribution in [0.2, 0.25) is 0 Å². The molecule has 4 heteroatoms. The van der Waals surface area contributed by atoms with E-state index in [0.717, 1.165) is 24.8 Å². The molecule has 0 aromatic carbocycles. The lowest BCUT2D eigenvalue weighted by atomic mass is 9.80. The zero-order valence-corrected chi connectivity index (χ0v) is 9.92. The van der Waals surface area contributed by atoms with Gasteiger partial charge >= 0.3 is 0 Å². The second-order valence-corrected chi connectivity index (χ2v) is 4.35. The van der Waals surface area contributed by atoms with Gasteiger partial charge in [0.1, 0.15) is 0 Å². The molecule has 0 saturated heterocycles. The number of rotatable bonds is 5. The fourth-order valence-corrected chi connectivity index (χ4v) is 1.76. The highest BCUT2D eigenvalue weighted by atomic mass is 15.3. The quantitative estimate of drug-likeness (QED) is 0.212. The van der Waals surface area contributed by atoms with Gasteiger partial charge in [-0.3, -0.25) is 10.4 Å². The molecule has 0 heterocycles. The van der Waals surface area contributed by atoms with Crippen molar-refractivity contribution in [2.24, 2.45) is 16.8 Å². The minimum Gasteiger partial charge on any atom is -0.353 e. The summed E-state index contributed by atoms with van der Waals surface area (Å²) >= 11 is 0. The largest absolute Gasteiger partial charge is 0.353 e. The third kappa shape index (κ3) is 4.08. The molecule has 1 aliphatic rings. The van der Waals surface area contributed by atoms with Gasteiger partial charge in [0.15, 0.2) is 0 Å². The third-order valence-corrected chi connectivity index (χ3v) is 3.14. The number of nitrogens with two attached hydrogens (primary N) is 1. The van der Waals surface area contributed by atoms with Gasteiger partial charge in [0.25, 0.3) is 0 Å². The maximum absolute atomic E-state index is 5.42. The average molecular weight is 212 g/mol. The highest BCUT2D eigenvalue weighted by molar-refractivity contribution is 5.79. The first-order chi connectivity index (χ1) is 7.27. The third-order valence-electron chi connectivity index (χ3n) is 3.14. The van der Waals surface area contributed by atoms with Crippen LogP contribution in [-0.4, -0.2) is 18.5 Å². The van der Waals surface area contributed by atoms with E-state index in [4.69, 9.17) is 5.84 Å². The van der Waals surface area contributed by atoms with Gasteiger partial charge in [0.2, 0.25) is 5.96 Å². The molecule has 1 atom stereocenters. The molecule has 0 spiro atoms. The molecule has 1 unspecified atom stereocenters. The fraction of sp³-hybridized carbons (Fsp3) is 0.909. The summed E-state index contributed by atoms with van der Waals surface area (Å²) in [7, 11) is 0. The monoisotopic (exact) mass is 212 g/mol. The first kappa shape index (κ1) is 12.3. The summed E-state index contributed by atoms with van der Waals surface area (Å²) in [5.41, 5.74) is 2.63. The first-order valence-electron chi connectivity index (χ1n) is 6.05. The van der Waals surface area contributed by atoms with Crippen LogP contribution < -0.4 is 16.6 Å². The number of aliphatic imine (C=N–C) groups is 1. The Morgan fingerprint density at radius 1 is 1.53 bits per heavy atom. The van der Waals surface area contributed by atoms with Crippen molar-refractivity contribution in [3.8, 4) is 0 Å². The number of unbranched alkanes of at least 4 members (excludes halogenated alkanes) is 1. The Morgan fingerprint density at radius 2 is 2.27 bits per heavy atom. The predicted molar refractivity (Wildman–Crippen MR) is 64.5 cm³/mol. The van der Waals surface area contributed by atoms with E-state index in [1.54, 1.807) is 0 Å². The van der Waals surface area contributed by atoms with Crippen molar-refractivity contribution in [2.75, 3.05) is 6.54 Å². The standard InChI is InChI=1S/C11H24N4/c1-3-4-8-13-11(15-12)14-9(2)10-6-5-7-10/h9-10H,3-8,12H2,1-2H3,(H2,13,14,15). The smallest absolute Gasteiger partial charge is 0.205 e. The van der Waals surface area contributed by atoms with E-state index in [1.807, 2.05) is 0 Å². The summed E-state index contributed by atoms with van der Waals surface area (Å²) in [6, 6.07) is 0.482. The SMILES string of the molecule is CCCCN=C(NN)NC(C)C1CCC1. The molecular formula is C11H24N4. The van der Waals surface area contributed by atoms with E-state index in [0.29, 0.717) is 6.04 Å². The van der Waals surface area contributed by atoms with Gasteiger partial charge < -0.3 is 5.32 Å². The van der Waals surface area contributed by atoms with Crippen LogP contribution in [0.5, 0.6) is 0 Å². The van der Waals surface area contributed by atoms with E-state index in [-0.39, 0.29) is 0 Å². The molecule has 0 aromatic rings. The molecule has 0 bridgehead atoms. The van der Waals surface area contributed by atoms with Gasteiger partial charge in [-0.1, -0.05) is 19.8 Å². The maximum atomic E-state index is 5.42. The Morgan fingerprint density at radius 3 is 2.73 bits per heavy atom. The van der Waals surface area contributed by atoms with Crippen molar-refractivity contribution in [3.63, 3.8) is 0 Å². The van der Waals surface area contributed by atoms with Crippen LogP contribution >= 0.6 is 0 Å². The lowest BCUT2D eigenvalue weighted by Crippen LogP contribution is -2.49. The zero-order chi connectivity index (χ0) is 11.1. The molecule has 1 saturated carbocycles. The van der Waals surface area contributed by atoms with E-state index in [2.05, 4.69) is 29.6 Å². The predicted octanol–water partition coefficient (Wildman–Crippen LogP) is 1.38. The van der Waals surface area contributed by atoms with E-state index < -0.39 is 0 Å². The highest BCUT2D eigenvalue weighted by Crippen LogP contribution is 2.29. The minimum atomic E-state index is 0.482. The van der Waals surface area contributed by atoms with Crippen molar-refractivity contribution in [2.45, 2.75) is 52.0 Å². The number of hydrogen-bond donors (Lipinski definition) is 3. The summed E-state index contributed by atoms with van der Waals surface area (Å²) < 4.78 is 0. The Kier molecular flexibility index (Phi) is 5.47. The first-order valence-corrected chi connectivity index (χ1v) is 6.05. The lowest BCUT2D eigenvalue weighted by Gasteiger charge is -2.32. The minimum absolute atomic E-state index is 0.482. The zero-order valence-electron chi connectivity index (χ0n) is 9.92. The van der Waals surface area contributed by atoms with Crippen molar-refractivity contribution in [1.29, 1.82) is 0 Å². The molecule has 0 radical (unpaired) electrons. The van der Waals surface area contributed by atoms with Crippen molar-refractivity contribution < 1.29 is 0 Å². The van der Waals surface area contributed by atoms with Crippen LogP contribution in [0.4, 0.5) is 0 Å². The maximum Gasteiger partial charge on any atom is 0.205 e. The van der Waals surface area contributed by atoms with Gasteiger partial charge in [0.05, 0.1) is 0 Å². The molecular weight excluding hydrogens is 188 g/mol. The molecule has 1 aliphatic carbocycles. The second-order valence-electron chi connectivity index (χ2n) is 4.35. The highest BCUT2D eigenvalue weighted by Gasteiger charge is 2.24. The summed E-state index contributed by atoms with van der Waals surface area (Å²) in [5, 5.41) is 3.34. The number of hydrazine groups is 1. The van der Waals surface area contributed by atoms with Crippen LogP contribution in [0.25, 0.3) is 0 Å². The van der Waals surface area contributed by atoms with Crippen molar-refractivity contribution in [1.82, 2.24) is 10.7 Å². The Hall–Kier alpha value is -0.770.